The van der Waals surface area contributed by atoms with Gasteiger partial charge in [0, 0.05) is 8.95 Å². The predicted molar refractivity (Wildman–Crippen MR) is 206 cm³/mol. The molecule has 0 saturated carbocycles. The number of halogens is 2. The number of rotatable bonds is 4. The van der Waals surface area contributed by atoms with Gasteiger partial charge >= 0.3 is 0 Å². The van der Waals surface area contributed by atoms with E-state index in [1.54, 1.807) is 97.1 Å². The largest absolute Gasteiger partial charge is 0.489 e. The summed E-state index contributed by atoms with van der Waals surface area (Å²) >= 11 is 7.21. The van der Waals surface area contributed by atoms with E-state index in [4.69, 9.17) is 14.2 Å². The van der Waals surface area contributed by atoms with Crippen molar-refractivity contribution in [3.05, 3.63) is 140 Å². The molecule has 0 aromatic heterocycles. The van der Waals surface area contributed by atoms with Gasteiger partial charge in [0.05, 0.1) is 47.5 Å². The minimum absolute atomic E-state index is 0.101. The smallest absolute Gasteiger partial charge is 0.264 e. The van der Waals surface area contributed by atoms with Crippen LogP contribution in [-0.2, 0) is 37.9 Å². The lowest BCUT2D eigenvalue weighted by atomic mass is 10.1. The van der Waals surface area contributed by atoms with Crippen LogP contribution < -0.4 is 18.1 Å². The van der Waals surface area contributed by atoms with Gasteiger partial charge in [-0.1, -0.05) is 59.7 Å². The number of para-hydroxylation sites is 4. The number of aryl methyl sites for hydroxylation is 2. The molecule has 6 rings (SSSR count). The summed E-state index contributed by atoms with van der Waals surface area (Å²) in [5.74, 6) is 0.706. The lowest BCUT2D eigenvalue weighted by molar-refractivity contribution is 0.0767. The van der Waals surface area contributed by atoms with E-state index in [0.717, 1.165) is 11.1 Å². The van der Waals surface area contributed by atoms with Crippen LogP contribution in [0, 0.1) is 13.8 Å². The summed E-state index contributed by atoms with van der Waals surface area (Å²) in [6.07, 6.45) is 0. The summed E-state index contributed by atoms with van der Waals surface area (Å²) in [6.45, 7) is 4.22. The van der Waals surface area contributed by atoms with Crippen molar-refractivity contribution in [3.8, 4) is 11.5 Å². The van der Waals surface area contributed by atoms with Gasteiger partial charge in [0.1, 0.15) is 24.7 Å². The molecule has 1 aliphatic heterocycles. The van der Waals surface area contributed by atoms with Crippen LogP contribution in [0.15, 0.2) is 128 Å². The lowest BCUT2D eigenvalue weighted by Crippen LogP contribution is -2.33. The van der Waals surface area contributed by atoms with E-state index in [1.165, 1.54) is 8.61 Å². The van der Waals surface area contributed by atoms with Crippen molar-refractivity contribution in [3.63, 3.8) is 0 Å². The average Bonchev–Trinajstić information content (AvgIpc) is 3.11. The number of sulfonamides is 2. The Morgan fingerprint density at radius 2 is 0.902 bits per heavy atom. The van der Waals surface area contributed by atoms with Crippen LogP contribution in [-0.4, -0.2) is 43.3 Å². The molecule has 5 aromatic rings. The third-order valence-electron chi connectivity index (χ3n) is 8.33. The van der Waals surface area contributed by atoms with Gasteiger partial charge in [0.2, 0.25) is 0 Å². The fraction of sp³-hybridized carbons (Fsp3) is 0.211. The summed E-state index contributed by atoms with van der Waals surface area (Å²) < 4.78 is 80.4. The van der Waals surface area contributed by atoms with Gasteiger partial charge < -0.3 is 14.2 Å². The molecular formula is C38H36Br2N2O7S2. The monoisotopic (exact) mass is 854 g/mol. The van der Waals surface area contributed by atoms with E-state index in [0.29, 0.717) is 42.9 Å². The van der Waals surface area contributed by atoms with Crippen LogP contribution in [0.2, 0.25) is 0 Å². The normalized spacial score (nSPS) is 14.7. The molecule has 266 valence electrons. The molecular weight excluding hydrogens is 820 g/mol. The molecule has 0 fully saturated rings. The van der Waals surface area contributed by atoms with Crippen molar-refractivity contribution in [2.24, 2.45) is 0 Å². The summed E-state index contributed by atoms with van der Waals surface area (Å²) in [5, 5.41) is 0. The highest BCUT2D eigenvalue weighted by Crippen LogP contribution is 2.39. The van der Waals surface area contributed by atoms with Gasteiger partial charge in [-0.25, -0.2) is 16.8 Å². The summed E-state index contributed by atoms with van der Waals surface area (Å²) in [5.41, 5.74) is 3.60. The first-order chi connectivity index (χ1) is 24.4. The molecule has 0 spiro atoms. The molecule has 1 aliphatic rings. The molecule has 0 aliphatic carbocycles. The molecule has 9 nitrogen and oxygen atoms in total. The standard InChI is InChI=1S/C38H36Br2N2O7S2/c1-27-11-15-31(16-12-27)50(43,44)41-25-29-23-33(39)34(40)24-30(29)26-42(51(45,46)32-17-13-28(2)14-18-32)36-8-4-6-10-38(36)49-22-20-47-19-21-48-37-9-5-3-7-35(37)41/h3-18,23-24H,19-22,25-26H2,1-2H3. The lowest BCUT2D eigenvalue weighted by Gasteiger charge is -2.30. The first kappa shape index (κ1) is 36.9. The van der Waals surface area contributed by atoms with Gasteiger partial charge in [-0.2, -0.15) is 0 Å². The van der Waals surface area contributed by atoms with Gasteiger partial charge in [-0.15, -0.1) is 0 Å². The van der Waals surface area contributed by atoms with Gasteiger partial charge in [0.15, 0.2) is 0 Å². The van der Waals surface area contributed by atoms with Gasteiger partial charge in [-0.05, 0) is 117 Å². The summed E-state index contributed by atoms with van der Waals surface area (Å²) in [6, 6.07) is 30.8. The minimum Gasteiger partial charge on any atom is -0.489 e. The van der Waals surface area contributed by atoms with E-state index >= 15 is 0 Å². The zero-order valence-corrected chi connectivity index (χ0v) is 32.8. The maximum absolute atomic E-state index is 14.6. The highest BCUT2D eigenvalue weighted by Gasteiger charge is 2.32. The Morgan fingerprint density at radius 3 is 1.29 bits per heavy atom. The molecule has 51 heavy (non-hydrogen) atoms. The van der Waals surface area contributed by atoms with Crippen LogP contribution in [0.5, 0.6) is 11.5 Å². The zero-order valence-electron chi connectivity index (χ0n) is 28.0. The molecule has 0 amide bonds. The number of hydrogen-bond acceptors (Lipinski definition) is 7. The fourth-order valence-corrected chi connectivity index (χ4v) is 9.29. The maximum atomic E-state index is 14.6. The second-order valence-electron chi connectivity index (χ2n) is 11.9. The van der Waals surface area contributed by atoms with E-state index in [1.807, 2.05) is 26.0 Å². The van der Waals surface area contributed by atoms with Crippen LogP contribution >= 0.6 is 31.9 Å². The van der Waals surface area contributed by atoms with Crippen LogP contribution in [0.1, 0.15) is 22.3 Å². The van der Waals surface area contributed by atoms with Gasteiger partial charge in [0.25, 0.3) is 20.0 Å². The third-order valence-corrected chi connectivity index (χ3v) is 13.7. The Balaban J connectivity index is 1.56. The average molecular weight is 857 g/mol. The Labute approximate surface area is 316 Å². The Bertz CT molecular complexity index is 2070. The summed E-state index contributed by atoms with van der Waals surface area (Å²) in [7, 11) is -8.35. The predicted octanol–water partition coefficient (Wildman–Crippen LogP) is 8.41. The highest BCUT2D eigenvalue weighted by atomic mass is 79.9. The molecule has 1 heterocycles. The SMILES string of the molecule is Cc1ccc(S(=O)(=O)N2Cc3cc(Br)c(Br)cc3CN(S(=O)(=O)c3ccc(C)cc3)c3ccccc3OCCOCCOc3ccccc32)cc1. The number of nitrogens with zero attached hydrogens (tertiary/aromatic N) is 2. The number of benzene rings is 5. The van der Waals surface area contributed by atoms with Crippen LogP contribution in [0.25, 0.3) is 0 Å². The zero-order chi connectivity index (χ0) is 36.2. The van der Waals surface area contributed by atoms with E-state index in [9.17, 15) is 16.8 Å². The molecule has 0 atom stereocenters. The maximum Gasteiger partial charge on any atom is 0.264 e. The van der Waals surface area contributed by atoms with Crippen molar-refractivity contribution < 1.29 is 31.0 Å². The second kappa shape index (κ2) is 15.8. The molecule has 0 unspecified atom stereocenters. The molecule has 5 aromatic carbocycles. The molecule has 0 saturated heterocycles. The summed E-state index contributed by atoms with van der Waals surface area (Å²) in [4.78, 5) is 0.203. The van der Waals surface area contributed by atoms with Crippen LogP contribution in [0.3, 0.4) is 0 Å². The Morgan fingerprint density at radius 1 is 0.529 bits per heavy atom. The topological polar surface area (TPSA) is 102 Å². The molecule has 0 bridgehead atoms. The third kappa shape index (κ3) is 8.28. The Hall–Kier alpha value is -3.88. The van der Waals surface area contributed by atoms with E-state index < -0.39 is 20.0 Å². The Kier molecular flexibility index (Phi) is 11.4. The second-order valence-corrected chi connectivity index (χ2v) is 17.4. The van der Waals surface area contributed by atoms with Crippen LogP contribution in [0.4, 0.5) is 11.4 Å². The van der Waals surface area contributed by atoms with Crippen molar-refractivity contribution in [2.75, 3.05) is 35.0 Å². The van der Waals surface area contributed by atoms with E-state index in [2.05, 4.69) is 31.9 Å². The number of ether oxygens (including phenoxy) is 3. The van der Waals surface area contributed by atoms with E-state index in [-0.39, 0.29) is 49.3 Å². The van der Waals surface area contributed by atoms with Crippen molar-refractivity contribution in [1.82, 2.24) is 0 Å². The molecule has 0 radical (unpaired) electrons. The van der Waals surface area contributed by atoms with Crippen molar-refractivity contribution in [1.29, 1.82) is 0 Å². The first-order valence-corrected chi connectivity index (χ1v) is 20.6. The quantitative estimate of drug-likeness (QED) is 0.179. The first-order valence-electron chi connectivity index (χ1n) is 16.1. The van der Waals surface area contributed by atoms with Crippen molar-refractivity contribution in [2.45, 2.75) is 36.7 Å². The molecule has 13 heteroatoms. The highest BCUT2D eigenvalue weighted by molar-refractivity contribution is 9.13. The number of anilines is 2. The molecule has 0 N–H and O–H groups in total. The van der Waals surface area contributed by atoms with Crippen molar-refractivity contribution >= 4 is 63.3 Å². The van der Waals surface area contributed by atoms with Gasteiger partial charge in [-0.3, -0.25) is 8.61 Å². The minimum atomic E-state index is -4.18. The number of hydrogen-bond donors (Lipinski definition) is 0. The fourth-order valence-electron chi connectivity index (χ4n) is 5.60. The number of fused-ring (bicyclic) bond motifs is 3.